The van der Waals surface area contributed by atoms with E-state index in [9.17, 15) is 0 Å². The normalized spacial score (nSPS) is 9.87. The van der Waals surface area contributed by atoms with Crippen LogP contribution in [-0.4, -0.2) is 14.8 Å². The van der Waals surface area contributed by atoms with Crippen molar-refractivity contribution < 1.29 is 0 Å². The van der Waals surface area contributed by atoms with Crippen molar-refractivity contribution in [2.45, 2.75) is 0 Å². The van der Waals surface area contributed by atoms with Crippen molar-refractivity contribution >= 4 is 17.5 Å². The van der Waals surface area contributed by atoms with Gasteiger partial charge in [0.2, 0.25) is 5.95 Å². The van der Waals surface area contributed by atoms with Gasteiger partial charge in [-0.2, -0.15) is 5.26 Å². The van der Waals surface area contributed by atoms with E-state index in [0.717, 1.165) is 0 Å². The molecule has 1 aromatic carbocycles. The van der Waals surface area contributed by atoms with E-state index < -0.39 is 0 Å². The standard InChI is InChI=1S/C9H6ClN5/c10-7-2-1-6(4-11)8(3-7)15-5-13-9(12)14-15/h1-3,5H,(H2,12,14). The van der Waals surface area contributed by atoms with Gasteiger partial charge in [-0.3, -0.25) is 0 Å². The Labute approximate surface area is 90.7 Å². The van der Waals surface area contributed by atoms with Crippen LogP contribution in [0.3, 0.4) is 0 Å². The van der Waals surface area contributed by atoms with Gasteiger partial charge in [0.05, 0.1) is 11.3 Å². The largest absolute Gasteiger partial charge is 0.366 e. The Morgan fingerprint density at radius 2 is 2.27 bits per heavy atom. The quantitative estimate of drug-likeness (QED) is 0.786. The van der Waals surface area contributed by atoms with Crippen LogP contribution in [0.25, 0.3) is 5.69 Å². The summed E-state index contributed by atoms with van der Waals surface area (Å²) in [4.78, 5) is 3.78. The molecule has 0 radical (unpaired) electrons. The van der Waals surface area contributed by atoms with Gasteiger partial charge in [0, 0.05) is 5.02 Å². The average Bonchev–Trinajstić information content (AvgIpc) is 2.65. The number of nitriles is 1. The van der Waals surface area contributed by atoms with Crippen molar-refractivity contribution in [1.29, 1.82) is 5.26 Å². The highest BCUT2D eigenvalue weighted by Gasteiger charge is 2.06. The second-order valence-electron chi connectivity index (χ2n) is 2.82. The number of nitrogens with two attached hydrogens (primary N) is 1. The minimum absolute atomic E-state index is 0.152. The Balaban J connectivity index is 2.61. The maximum atomic E-state index is 8.89. The smallest absolute Gasteiger partial charge is 0.239 e. The van der Waals surface area contributed by atoms with Crippen molar-refractivity contribution in [3.8, 4) is 11.8 Å². The molecule has 1 aromatic heterocycles. The van der Waals surface area contributed by atoms with Crippen molar-refractivity contribution in [2.24, 2.45) is 0 Å². The molecule has 6 heteroatoms. The first kappa shape index (κ1) is 9.49. The van der Waals surface area contributed by atoms with Crippen LogP contribution in [0.1, 0.15) is 5.56 Å². The average molecular weight is 220 g/mol. The second kappa shape index (κ2) is 3.59. The molecule has 0 fully saturated rings. The summed E-state index contributed by atoms with van der Waals surface area (Å²) in [6.07, 6.45) is 1.43. The predicted octanol–water partition coefficient (Wildman–Crippen LogP) is 1.37. The molecule has 0 atom stereocenters. The predicted molar refractivity (Wildman–Crippen MR) is 55.5 cm³/mol. The van der Waals surface area contributed by atoms with Crippen LogP contribution in [0.2, 0.25) is 5.02 Å². The summed E-state index contributed by atoms with van der Waals surface area (Å²) in [5, 5.41) is 13.3. The lowest BCUT2D eigenvalue weighted by molar-refractivity contribution is 0.880. The molecule has 15 heavy (non-hydrogen) atoms. The number of nitrogens with zero attached hydrogens (tertiary/aromatic N) is 4. The summed E-state index contributed by atoms with van der Waals surface area (Å²) in [7, 11) is 0. The molecule has 74 valence electrons. The van der Waals surface area contributed by atoms with E-state index in [4.69, 9.17) is 22.6 Å². The van der Waals surface area contributed by atoms with Crippen molar-refractivity contribution in [3.63, 3.8) is 0 Å². The van der Waals surface area contributed by atoms with E-state index in [0.29, 0.717) is 16.3 Å². The summed E-state index contributed by atoms with van der Waals surface area (Å²) in [6.45, 7) is 0. The Morgan fingerprint density at radius 3 is 2.87 bits per heavy atom. The third-order valence-corrected chi connectivity index (χ3v) is 2.07. The molecule has 0 spiro atoms. The number of nitrogen functional groups attached to an aromatic ring is 1. The van der Waals surface area contributed by atoms with E-state index >= 15 is 0 Å². The molecule has 2 N–H and O–H groups in total. The number of aromatic nitrogens is 3. The summed E-state index contributed by atoms with van der Waals surface area (Å²) in [5.41, 5.74) is 6.41. The lowest BCUT2D eigenvalue weighted by Gasteiger charge is -2.02. The third-order valence-electron chi connectivity index (χ3n) is 1.84. The summed E-state index contributed by atoms with van der Waals surface area (Å²) in [5.74, 6) is 0.152. The fourth-order valence-corrected chi connectivity index (χ4v) is 1.35. The van der Waals surface area contributed by atoms with Gasteiger partial charge in [-0.05, 0) is 18.2 Å². The fraction of sp³-hybridized carbons (Fsp3) is 0. The molecule has 0 aliphatic carbocycles. The number of hydrogen-bond acceptors (Lipinski definition) is 4. The third kappa shape index (κ3) is 1.75. The highest BCUT2D eigenvalue weighted by molar-refractivity contribution is 6.30. The Kier molecular flexibility index (Phi) is 2.27. The molecule has 0 amide bonds. The Bertz CT molecular complexity index is 540. The molecule has 0 aliphatic heterocycles. The van der Waals surface area contributed by atoms with Crippen LogP contribution in [0.4, 0.5) is 5.95 Å². The van der Waals surface area contributed by atoms with E-state index in [1.54, 1.807) is 18.2 Å². The lowest BCUT2D eigenvalue weighted by Crippen LogP contribution is -1.99. The van der Waals surface area contributed by atoms with E-state index in [2.05, 4.69) is 10.1 Å². The van der Waals surface area contributed by atoms with Gasteiger partial charge < -0.3 is 5.73 Å². The zero-order valence-electron chi connectivity index (χ0n) is 7.55. The molecule has 5 nitrogen and oxygen atoms in total. The lowest BCUT2D eigenvalue weighted by atomic mass is 10.2. The molecule has 0 bridgehead atoms. The van der Waals surface area contributed by atoms with Gasteiger partial charge in [-0.25, -0.2) is 9.67 Å². The summed E-state index contributed by atoms with van der Waals surface area (Å²) < 4.78 is 1.42. The second-order valence-corrected chi connectivity index (χ2v) is 3.26. The minimum atomic E-state index is 0.152. The highest BCUT2D eigenvalue weighted by atomic mass is 35.5. The molecule has 1 heterocycles. The first-order chi connectivity index (χ1) is 7.20. The zero-order valence-corrected chi connectivity index (χ0v) is 8.31. The van der Waals surface area contributed by atoms with E-state index in [1.807, 2.05) is 6.07 Å². The van der Waals surface area contributed by atoms with Crippen LogP contribution < -0.4 is 5.73 Å². The minimum Gasteiger partial charge on any atom is -0.366 e. The number of rotatable bonds is 1. The number of hydrogen-bond donors (Lipinski definition) is 1. The maximum Gasteiger partial charge on any atom is 0.239 e. The first-order valence-electron chi connectivity index (χ1n) is 4.08. The van der Waals surface area contributed by atoms with E-state index in [-0.39, 0.29) is 5.95 Å². The Morgan fingerprint density at radius 1 is 1.47 bits per heavy atom. The van der Waals surface area contributed by atoms with Crippen molar-refractivity contribution in [3.05, 3.63) is 35.1 Å². The molecular formula is C9H6ClN5. The molecule has 0 unspecified atom stereocenters. The van der Waals surface area contributed by atoms with Gasteiger partial charge in [0.15, 0.2) is 0 Å². The summed E-state index contributed by atoms with van der Waals surface area (Å²) in [6, 6.07) is 6.94. The molecule has 2 rings (SSSR count). The number of anilines is 1. The molecule has 0 saturated heterocycles. The van der Waals surface area contributed by atoms with Gasteiger partial charge in [0.1, 0.15) is 12.4 Å². The van der Waals surface area contributed by atoms with Crippen LogP contribution >= 0.6 is 11.6 Å². The number of benzene rings is 1. The SMILES string of the molecule is N#Cc1ccc(Cl)cc1-n1cnc(N)n1. The Hall–Kier alpha value is -2.06. The van der Waals surface area contributed by atoms with Gasteiger partial charge in [-0.15, -0.1) is 5.10 Å². The maximum absolute atomic E-state index is 8.89. The van der Waals surface area contributed by atoms with Gasteiger partial charge in [-0.1, -0.05) is 11.6 Å². The highest BCUT2D eigenvalue weighted by Crippen LogP contribution is 2.18. The fourth-order valence-electron chi connectivity index (χ4n) is 1.18. The van der Waals surface area contributed by atoms with Crippen molar-refractivity contribution in [1.82, 2.24) is 14.8 Å². The first-order valence-corrected chi connectivity index (χ1v) is 4.45. The molecule has 2 aromatic rings. The van der Waals surface area contributed by atoms with Crippen LogP contribution in [0.15, 0.2) is 24.5 Å². The van der Waals surface area contributed by atoms with Crippen LogP contribution in [0, 0.1) is 11.3 Å². The molecule has 0 saturated carbocycles. The van der Waals surface area contributed by atoms with Crippen LogP contribution in [-0.2, 0) is 0 Å². The monoisotopic (exact) mass is 219 g/mol. The summed E-state index contributed by atoms with van der Waals surface area (Å²) >= 11 is 5.83. The molecular weight excluding hydrogens is 214 g/mol. The topological polar surface area (TPSA) is 80.5 Å². The molecule has 0 aliphatic rings. The van der Waals surface area contributed by atoms with Gasteiger partial charge >= 0.3 is 0 Å². The van der Waals surface area contributed by atoms with Crippen molar-refractivity contribution in [2.75, 3.05) is 5.73 Å². The van der Waals surface area contributed by atoms with E-state index in [1.165, 1.54) is 11.0 Å². The van der Waals surface area contributed by atoms with Crippen LogP contribution in [0.5, 0.6) is 0 Å². The zero-order chi connectivity index (χ0) is 10.8. The number of halogens is 1. The van der Waals surface area contributed by atoms with Gasteiger partial charge in [0.25, 0.3) is 0 Å².